The molecule has 1 atom stereocenters. The summed E-state index contributed by atoms with van der Waals surface area (Å²) in [6.45, 7) is 5.43. The number of likely N-dealkylation sites (N-methyl/N-ethyl adjacent to an activating group) is 1. The first-order valence-corrected chi connectivity index (χ1v) is 12.6. The normalized spacial score (nSPS) is 12.1. The average Bonchev–Trinajstić information content (AvgIpc) is 2.75. The van der Waals surface area contributed by atoms with Crippen molar-refractivity contribution in [3.8, 4) is 5.75 Å². The number of anilines is 1. The van der Waals surface area contributed by atoms with Crippen LogP contribution in [-0.2, 0) is 26.2 Å². The SMILES string of the molecule is CCNC(=O)[C@@H](C)N(Cc1ccc(C)cc1)C(=O)CN(c1ccc(OC)c(Cl)c1)S(C)(=O)=O. The van der Waals surface area contributed by atoms with E-state index in [-0.39, 0.29) is 23.2 Å². The van der Waals surface area contributed by atoms with Gasteiger partial charge in [0.15, 0.2) is 0 Å². The largest absolute Gasteiger partial charge is 0.495 e. The predicted molar refractivity (Wildman–Crippen MR) is 130 cm³/mol. The number of aryl methyl sites for hydroxylation is 1. The molecule has 1 N–H and O–H groups in total. The summed E-state index contributed by atoms with van der Waals surface area (Å²) in [5.41, 5.74) is 2.11. The lowest BCUT2D eigenvalue weighted by Crippen LogP contribution is -2.51. The molecule has 8 nitrogen and oxygen atoms in total. The zero-order valence-electron chi connectivity index (χ0n) is 19.5. The molecule has 0 aromatic heterocycles. The molecule has 2 aromatic rings. The summed E-state index contributed by atoms with van der Waals surface area (Å²) < 4.78 is 31.2. The first-order chi connectivity index (χ1) is 15.5. The van der Waals surface area contributed by atoms with E-state index in [2.05, 4.69) is 5.32 Å². The van der Waals surface area contributed by atoms with Gasteiger partial charge in [0.05, 0.1) is 24.1 Å². The number of nitrogens with one attached hydrogen (secondary N) is 1. The molecule has 0 spiro atoms. The van der Waals surface area contributed by atoms with E-state index in [9.17, 15) is 18.0 Å². The third-order valence-electron chi connectivity index (χ3n) is 5.09. The van der Waals surface area contributed by atoms with Crippen molar-refractivity contribution in [2.45, 2.75) is 33.4 Å². The van der Waals surface area contributed by atoms with Gasteiger partial charge in [-0.25, -0.2) is 8.42 Å². The van der Waals surface area contributed by atoms with Crippen LogP contribution >= 0.6 is 11.6 Å². The van der Waals surface area contributed by atoms with E-state index >= 15 is 0 Å². The van der Waals surface area contributed by atoms with Gasteiger partial charge in [-0.1, -0.05) is 41.4 Å². The van der Waals surface area contributed by atoms with Crippen molar-refractivity contribution in [2.24, 2.45) is 0 Å². The van der Waals surface area contributed by atoms with Gasteiger partial charge < -0.3 is 15.0 Å². The predicted octanol–water partition coefficient (Wildman–Crippen LogP) is 2.98. The third kappa shape index (κ3) is 7.10. The summed E-state index contributed by atoms with van der Waals surface area (Å²) in [5.74, 6) is -0.464. The van der Waals surface area contributed by atoms with Crippen molar-refractivity contribution in [1.29, 1.82) is 0 Å². The molecule has 2 amide bonds. The lowest BCUT2D eigenvalue weighted by molar-refractivity contribution is -0.139. The Morgan fingerprint density at radius 1 is 1.15 bits per heavy atom. The highest BCUT2D eigenvalue weighted by Gasteiger charge is 2.30. The van der Waals surface area contributed by atoms with Crippen LogP contribution in [0.4, 0.5) is 5.69 Å². The molecule has 0 heterocycles. The van der Waals surface area contributed by atoms with Gasteiger partial charge in [0.1, 0.15) is 18.3 Å². The second-order valence-corrected chi connectivity index (χ2v) is 9.98. The van der Waals surface area contributed by atoms with Gasteiger partial charge in [0, 0.05) is 13.1 Å². The standard InChI is InChI=1S/C23H30ClN3O5S/c1-6-25-23(29)17(3)26(14-18-9-7-16(2)8-10-18)22(28)15-27(33(5,30)31)19-11-12-21(32-4)20(24)13-19/h7-13,17H,6,14-15H2,1-5H3,(H,25,29)/t17-/m1/s1. The summed E-state index contributed by atoms with van der Waals surface area (Å²) in [7, 11) is -2.38. The van der Waals surface area contributed by atoms with Crippen LogP contribution in [-0.4, -0.2) is 57.6 Å². The Morgan fingerprint density at radius 3 is 2.30 bits per heavy atom. The van der Waals surface area contributed by atoms with Crippen molar-refractivity contribution in [3.63, 3.8) is 0 Å². The number of hydrogen-bond donors (Lipinski definition) is 1. The van der Waals surface area contributed by atoms with E-state index in [1.807, 2.05) is 31.2 Å². The zero-order chi connectivity index (χ0) is 24.8. The maximum Gasteiger partial charge on any atom is 0.244 e. The van der Waals surface area contributed by atoms with Crippen LogP contribution in [0.2, 0.25) is 5.02 Å². The molecule has 2 aromatic carbocycles. The van der Waals surface area contributed by atoms with Crippen molar-refractivity contribution < 1.29 is 22.7 Å². The minimum Gasteiger partial charge on any atom is -0.495 e. The summed E-state index contributed by atoms with van der Waals surface area (Å²) in [4.78, 5) is 27.3. The number of ether oxygens (including phenoxy) is 1. The molecule has 0 unspecified atom stereocenters. The first kappa shape index (κ1) is 26.5. The van der Waals surface area contributed by atoms with Crippen molar-refractivity contribution in [1.82, 2.24) is 10.2 Å². The Balaban J connectivity index is 2.39. The average molecular weight is 496 g/mol. The minimum absolute atomic E-state index is 0.151. The van der Waals surface area contributed by atoms with Crippen LogP contribution in [0.25, 0.3) is 0 Å². The number of hydrogen-bond acceptors (Lipinski definition) is 5. The minimum atomic E-state index is -3.83. The number of carbonyl (C=O) groups is 2. The number of carbonyl (C=O) groups excluding carboxylic acids is 2. The van der Waals surface area contributed by atoms with Crippen LogP contribution in [0.5, 0.6) is 5.75 Å². The topological polar surface area (TPSA) is 96.0 Å². The Kier molecular flexibility index (Phi) is 9.13. The van der Waals surface area contributed by atoms with E-state index < -0.39 is 28.5 Å². The van der Waals surface area contributed by atoms with Crippen molar-refractivity contribution in [2.75, 3.05) is 30.8 Å². The molecule has 0 aliphatic carbocycles. The van der Waals surface area contributed by atoms with Gasteiger partial charge in [-0.15, -0.1) is 0 Å². The Morgan fingerprint density at radius 2 is 1.79 bits per heavy atom. The van der Waals surface area contributed by atoms with E-state index in [0.717, 1.165) is 21.7 Å². The molecule has 0 saturated heterocycles. The van der Waals surface area contributed by atoms with E-state index in [1.165, 1.54) is 30.2 Å². The van der Waals surface area contributed by atoms with Crippen LogP contribution in [0.3, 0.4) is 0 Å². The number of sulfonamides is 1. The highest BCUT2D eigenvalue weighted by molar-refractivity contribution is 7.92. The Hall–Kier alpha value is -2.78. The number of halogens is 1. The lowest BCUT2D eigenvalue weighted by atomic mass is 10.1. The van der Waals surface area contributed by atoms with Crippen LogP contribution in [0.1, 0.15) is 25.0 Å². The molecule has 33 heavy (non-hydrogen) atoms. The van der Waals surface area contributed by atoms with Gasteiger partial charge in [-0.3, -0.25) is 13.9 Å². The summed E-state index contributed by atoms with van der Waals surface area (Å²) in [6, 6.07) is 11.2. The maximum atomic E-state index is 13.4. The second-order valence-electron chi connectivity index (χ2n) is 7.67. The summed E-state index contributed by atoms with van der Waals surface area (Å²) in [5, 5.41) is 2.93. The fourth-order valence-corrected chi connectivity index (χ4v) is 4.31. The maximum absolute atomic E-state index is 13.4. The fraction of sp³-hybridized carbons (Fsp3) is 0.391. The summed E-state index contributed by atoms with van der Waals surface area (Å²) in [6.07, 6.45) is 1.01. The van der Waals surface area contributed by atoms with E-state index in [0.29, 0.717) is 12.3 Å². The number of amides is 2. The van der Waals surface area contributed by atoms with Crippen molar-refractivity contribution >= 4 is 39.1 Å². The quantitative estimate of drug-likeness (QED) is 0.546. The monoisotopic (exact) mass is 495 g/mol. The molecule has 180 valence electrons. The molecular formula is C23H30ClN3O5S. The molecule has 2 rings (SSSR count). The van der Waals surface area contributed by atoms with Crippen molar-refractivity contribution in [3.05, 3.63) is 58.6 Å². The van der Waals surface area contributed by atoms with Crippen LogP contribution < -0.4 is 14.4 Å². The van der Waals surface area contributed by atoms with Gasteiger partial charge in [0.2, 0.25) is 21.8 Å². The number of rotatable bonds is 10. The lowest BCUT2D eigenvalue weighted by Gasteiger charge is -2.31. The second kappa shape index (κ2) is 11.4. The number of benzene rings is 2. The van der Waals surface area contributed by atoms with E-state index in [4.69, 9.17) is 16.3 Å². The van der Waals surface area contributed by atoms with Crippen LogP contribution in [0.15, 0.2) is 42.5 Å². The zero-order valence-corrected chi connectivity index (χ0v) is 21.0. The highest BCUT2D eigenvalue weighted by Crippen LogP contribution is 2.30. The highest BCUT2D eigenvalue weighted by atomic mass is 35.5. The number of methoxy groups -OCH3 is 1. The Bertz CT molecular complexity index is 1090. The fourth-order valence-electron chi connectivity index (χ4n) is 3.22. The molecule has 0 aliphatic heterocycles. The molecule has 10 heteroatoms. The Labute approximate surface area is 200 Å². The van der Waals surface area contributed by atoms with Crippen LogP contribution in [0, 0.1) is 6.92 Å². The van der Waals surface area contributed by atoms with Gasteiger partial charge in [0.25, 0.3) is 0 Å². The molecule has 0 bridgehead atoms. The third-order valence-corrected chi connectivity index (χ3v) is 6.53. The molecular weight excluding hydrogens is 466 g/mol. The summed E-state index contributed by atoms with van der Waals surface area (Å²) >= 11 is 6.17. The smallest absolute Gasteiger partial charge is 0.244 e. The van der Waals surface area contributed by atoms with Gasteiger partial charge in [-0.05, 0) is 44.5 Å². The van der Waals surface area contributed by atoms with Gasteiger partial charge in [-0.2, -0.15) is 0 Å². The molecule has 0 saturated carbocycles. The van der Waals surface area contributed by atoms with Gasteiger partial charge >= 0.3 is 0 Å². The van der Waals surface area contributed by atoms with E-state index in [1.54, 1.807) is 13.8 Å². The molecule has 0 fully saturated rings. The molecule has 0 radical (unpaired) electrons. The molecule has 0 aliphatic rings. The number of nitrogens with zero attached hydrogens (tertiary/aromatic N) is 2. The first-order valence-electron chi connectivity index (χ1n) is 10.4.